The summed E-state index contributed by atoms with van der Waals surface area (Å²) in [7, 11) is 1.64. The molecule has 2 fully saturated rings. The second-order valence-corrected chi connectivity index (χ2v) is 6.78. The Morgan fingerprint density at radius 3 is 2.86 bits per heavy atom. The molecule has 1 amide bonds. The molecular formula is C16H24N2O2S. The van der Waals surface area contributed by atoms with E-state index in [2.05, 4.69) is 16.7 Å². The van der Waals surface area contributed by atoms with E-state index in [-0.39, 0.29) is 5.91 Å². The molecule has 0 bridgehead atoms. The molecular weight excluding hydrogens is 284 g/mol. The fraction of sp³-hybridized carbons (Fsp3) is 0.688. The number of hydrogen-bond acceptors (Lipinski definition) is 4. The van der Waals surface area contributed by atoms with Crippen molar-refractivity contribution in [3.05, 3.63) is 16.3 Å². The molecule has 0 saturated carbocycles. The first-order valence-corrected chi connectivity index (χ1v) is 8.80. The second kappa shape index (κ2) is 6.36. The van der Waals surface area contributed by atoms with Crippen molar-refractivity contribution in [1.82, 2.24) is 9.80 Å². The first kappa shape index (κ1) is 14.9. The van der Waals surface area contributed by atoms with Crippen LogP contribution in [0.25, 0.3) is 0 Å². The van der Waals surface area contributed by atoms with Crippen molar-refractivity contribution < 1.29 is 9.53 Å². The van der Waals surface area contributed by atoms with Crippen LogP contribution >= 0.6 is 11.3 Å². The number of likely N-dealkylation sites (tertiary alicyclic amines) is 2. The van der Waals surface area contributed by atoms with Crippen LogP contribution in [0.3, 0.4) is 0 Å². The quantitative estimate of drug-likeness (QED) is 0.857. The minimum atomic E-state index is 0.160. The number of rotatable bonds is 4. The van der Waals surface area contributed by atoms with Crippen molar-refractivity contribution in [2.75, 3.05) is 26.7 Å². The lowest BCUT2D eigenvalue weighted by molar-refractivity contribution is 0.0652. The van der Waals surface area contributed by atoms with Gasteiger partial charge in [0.2, 0.25) is 0 Å². The van der Waals surface area contributed by atoms with Crippen LogP contribution in [-0.4, -0.2) is 54.5 Å². The van der Waals surface area contributed by atoms with Gasteiger partial charge < -0.3 is 9.64 Å². The van der Waals surface area contributed by atoms with Gasteiger partial charge in [-0.1, -0.05) is 6.92 Å². The number of carbonyl (C=O) groups excluding carboxylic acids is 1. The zero-order chi connectivity index (χ0) is 14.8. The number of carbonyl (C=O) groups is 1. The average molecular weight is 308 g/mol. The van der Waals surface area contributed by atoms with Crippen molar-refractivity contribution in [2.45, 2.75) is 44.7 Å². The van der Waals surface area contributed by atoms with Gasteiger partial charge in [-0.15, -0.1) is 11.3 Å². The lowest BCUT2D eigenvalue weighted by Crippen LogP contribution is -2.48. The Morgan fingerprint density at radius 1 is 1.33 bits per heavy atom. The zero-order valence-corrected chi connectivity index (χ0v) is 13.7. The van der Waals surface area contributed by atoms with Gasteiger partial charge in [0.05, 0.1) is 7.11 Å². The molecule has 2 atom stereocenters. The standard InChI is InChI=1S/C16H24N2O2S/c1-3-17-9-4-6-12(17)13-7-5-10-18(13)16(19)15-14(20-2)8-11-21-15/h8,11-13H,3-7,9-10H2,1-2H3/t12-,13-/m0/s1. The first-order chi connectivity index (χ1) is 10.3. The number of hydrogen-bond donors (Lipinski definition) is 0. The number of methoxy groups -OCH3 is 1. The highest BCUT2D eigenvalue weighted by molar-refractivity contribution is 7.12. The lowest BCUT2D eigenvalue weighted by Gasteiger charge is -2.34. The Labute approximate surface area is 130 Å². The summed E-state index contributed by atoms with van der Waals surface area (Å²) in [4.78, 5) is 18.3. The number of ether oxygens (including phenoxy) is 1. The maximum atomic E-state index is 12.9. The van der Waals surface area contributed by atoms with E-state index in [1.807, 2.05) is 11.4 Å². The van der Waals surface area contributed by atoms with Crippen LogP contribution in [0.2, 0.25) is 0 Å². The molecule has 0 N–H and O–H groups in total. The molecule has 1 aromatic rings. The third kappa shape index (κ3) is 2.69. The molecule has 116 valence electrons. The highest BCUT2D eigenvalue weighted by Crippen LogP contribution is 2.33. The molecule has 0 aromatic carbocycles. The summed E-state index contributed by atoms with van der Waals surface area (Å²) in [6.45, 7) is 5.38. The SMILES string of the molecule is CCN1CCC[C@H]1[C@@H]1CCCN1C(=O)c1sccc1OC. The van der Waals surface area contributed by atoms with Gasteiger partial charge in [0.1, 0.15) is 10.6 Å². The van der Waals surface area contributed by atoms with Gasteiger partial charge in [0.15, 0.2) is 0 Å². The van der Waals surface area contributed by atoms with Crippen LogP contribution in [0.15, 0.2) is 11.4 Å². The molecule has 5 heteroatoms. The number of likely N-dealkylation sites (N-methyl/N-ethyl adjacent to an activating group) is 1. The summed E-state index contributed by atoms with van der Waals surface area (Å²) in [6, 6.07) is 2.82. The van der Waals surface area contributed by atoms with Crippen molar-refractivity contribution in [2.24, 2.45) is 0 Å². The minimum Gasteiger partial charge on any atom is -0.495 e. The van der Waals surface area contributed by atoms with E-state index < -0.39 is 0 Å². The van der Waals surface area contributed by atoms with Crippen LogP contribution in [0.5, 0.6) is 5.75 Å². The summed E-state index contributed by atoms with van der Waals surface area (Å²) in [5.74, 6) is 0.877. The molecule has 3 rings (SSSR count). The van der Waals surface area contributed by atoms with Gasteiger partial charge in [-0.05, 0) is 50.2 Å². The predicted octanol–water partition coefficient (Wildman–Crippen LogP) is 2.85. The average Bonchev–Trinajstić information content (AvgIpc) is 3.23. The molecule has 2 aliphatic rings. The van der Waals surface area contributed by atoms with Crippen LogP contribution in [0.4, 0.5) is 0 Å². The molecule has 2 aliphatic heterocycles. The summed E-state index contributed by atoms with van der Waals surface area (Å²) in [5.41, 5.74) is 0. The smallest absolute Gasteiger partial charge is 0.268 e. The summed E-state index contributed by atoms with van der Waals surface area (Å²) < 4.78 is 5.32. The van der Waals surface area contributed by atoms with Crippen LogP contribution < -0.4 is 4.74 Å². The Hall–Kier alpha value is -1.07. The predicted molar refractivity (Wildman–Crippen MR) is 85.2 cm³/mol. The van der Waals surface area contributed by atoms with Crippen molar-refractivity contribution in [3.8, 4) is 5.75 Å². The third-order valence-electron chi connectivity index (χ3n) is 4.87. The van der Waals surface area contributed by atoms with E-state index in [0.29, 0.717) is 12.1 Å². The monoisotopic (exact) mass is 308 g/mol. The maximum absolute atomic E-state index is 12.9. The highest BCUT2D eigenvalue weighted by atomic mass is 32.1. The molecule has 0 aliphatic carbocycles. The molecule has 2 saturated heterocycles. The van der Waals surface area contributed by atoms with E-state index in [9.17, 15) is 4.79 Å². The van der Waals surface area contributed by atoms with Gasteiger partial charge in [-0.2, -0.15) is 0 Å². The Balaban J connectivity index is 1.79. The normalized spacial score (nSPS) is 26.5. The molecule has 0 radical (unpaired) electrons. The van der Waals surface area contributed by atoms with Crippen molar-refractivity contribution in [1.29, 1.82) is 0 Å². The molecule has 1 aromatic heterocycles. The van der Waals surface area contributed by atoms with E-state index >= 15 is 0 Å². The first-order valence-electron chi connectivity index (χ1n) is 7.92. The minimum absolute atomic E-state index is 0.160. The van der Waals surface area contributed by atoms with E-state index in [1.54, 1.807) is 7.11 Å². The van der Waals surface area contributed by atoms with Gasteiger partial charge in [0, 0.05) is 18.6 Å². The Kier molecular flexibility index (Phi) is 4.50. The lowest BCUT2D eigenvalue weighted by atomic mass is 10.0. The Morgan fingerprint density at radius 2 is 2.10 bits per heavy atom. The number of nitrogens with zero attached hydrogens (tertiary/aromatic N) is 2. The van der Waals surface area contributed by atoms with Crippen molar-refractivity contribution >= 4 is 17.2 Å². The van der Waals surface area contributed by atoms with E-state index in [0.717, 1.165) is 36.6 Å². The Bertz CT molecular complexity index is 502. The van der Waals surface area contributed by atoms with E-state index in [4.69, 9.17) is 4.74 Å². The zero-order valence-electron chi connectivity index (χ0n) is 12.9. The largest absolute Gasteiger partial charge is 0.495 e. The van der Waals surface area contributed by atoms with Gasteiger partial charge >= 0.3 is 0 Å². The molecule has 0 spiro atoms. The summed E-state index contributed by atoms with van der Waals surface area (Å²) in [5, 5.41) is 1.94. The van der Waals surface area contributed by atoms with Gasteiger partial charge in [-0.25, -0.2) is 0 Å². The number of thiophene rings is 1. The van der Waals surface area contributed by atoms with Gasteiger partial charge in [0.25, 0.3) is 5.91 Å². The second-order valence-electron chi connectivity index (χ2n) is 5.86. The summed E-state index contributed by atoms with van der Waals surface area (Å²) >= 11 is 1.49. The topological polar surface area (TPSA) is 32.8 Å². The third-order valence-corrected chi connectivity index (χ3v) is 5.75. The van der Waals surface area contributed by atoms with Gasteiger partial charge in [-0.3, -0.25) is 9.69 Å². The molecule has 3 heterocycles. The fourth-order valence-corrected chi connectivity index (χ4v) is 4.68. The molecule has 21 heavy (non-hydrogen) atoms. The van der Waals surface area contributed by atoms with Crippen molar-refractivity contribution in [3.63, 3.8) is 0 Å². The van der Waals surface area contributed by atoms with Crippen LogP contribution in [0.1, 0.15) is 42.3 Å². The molecule has 0 unspecified atom stereocenters. The summed E-state index contributed by atoms with van der Waals surface area (Å²) in [6.07, 6.45) is 4.75. The van der Waals surface area contributed by atoms with E-state index in [1.165, 1.54) is 30.7 Å². The van der Waals surface area contributed by atoms with Crippen LogP contribution in [-0.2, 0) is 0 Å². The van der Waals surface area contributed by atoms with Crippen LogP contribution in [0, 0.1) is 0 Å². The maximum Gasteiger partial charge on any atom is 0.268 e. The fourth-order valence-electron chi connectivity index (χ4n) is 3.87. The molecule has 4 nitrogen and oxygen atoms in total. The number of amides is 1. The highest BCUT2D eigenvalue weighted by Gasteiger charge is 2.40.